The molecule has 0 N–H and O–H groups in total. The Hall–Kier alpha value is -2.51. The number of hydrogen-bond acceptors (Lipinski definition) is 6. The second kappa shape index (κ2) is 7.62. The summed E-state index contributed by atoms with van der Waals surface area (Å²) in [5.41, 5.74) is 0.800. The highest BCUT2D eigenvalue weighted by Crippen LogP contribution is 2.31. The van der Waals surface area contributed by atoms with Gasteiger partial charge in [-0.25, -0.2) is 9.97 Å². The fraction of sp³-hybridized carbons (Fsp3) is 0.368. The van der Waals surface area contributed by atoms with Crippen LogP contribution >= 0.6 is 11.6 Å². The van der Waals surface area contributed by atoms with E-state index in [0.29, 0.717) is 17.6 Å². The van der Waals surface area contributed by atoms with Gasteiger partial charge in [-0.15, -0.1) is 0 Å². The summed E-state index contributed by atoms with van der Waals surface area (Å²) in [6.45, 7) is 3.35. The van der Waals surface area contributed by atoms with Gasteiger partial charge in [0.15, 0.2) is 0 Å². The van der Waals surface area contributed by atoms with Gasteiger partial charge in [-0.3, -0.25) is 19.4 Å². The largest absolute Gasteiger partial charge is 0.338 e. The molecule has 2 amide bonds. The zero-order valence-electron chi connectivity index (χ0n) is 14.8. The first kappa shape index (κ1) is 17.9. The number of anilines is 1. The number of rotatable bonds is 4. The van der Waals surface area contributed by atoms with Crippen molar-refractivity contribution in [2.24, 2.45) is 0 Å². The van der Waals surface area contributed by atoms with Gasteiger partial charge in [0.25, 0.3) is 0 Å². The number of amides is 2. The minimum atomic E-state index is -0.435. The predicted molar refractivity (Wildman–Crippen MR) is 101 cm³/mol. The van der Waals surface area contributed by atoms with Crippen LogP contribution in [0.1, 0.15) is 17.9 Å². The maximum Gasteiger partial charge on any atom is 0.238 e. The van der Waals surface area contributed by atoms with E-state index in [4.69, 9.17) is 11.6 Å². The molecule has 2 aromatic rings. The van der Waals surface area contributed by atoms with E-state index >= 15 is 0 Å². The molecule has 1 aromatic carbocycles. The Kier molecular flexibility index (Phi) is 5.05. The molecule has 3 heterocycles. The molecule has 2 saturated heterocycles. The third kappa shape index (κ3) is 3.79. The lowest BCUT2D eigenvalue weighted by atomic mass is 9.98. The van der Waals surface area contributed by atoms with Crippen molar-refractivity contribution in [1.82, 2.24) is 19.8 Å². The van der Waals surface area contributed by atoms with Gasteiger partial charge in [0.2, 0.25) is 17.8 Å². The predicted octanol–water partition coefficient (Wildman–Crippen LogP) is 1.75. The minimum Gasteiger partial charge on any atom is -0.338 e. The number of nitrogens with zero attached hydrogens (tertiary/aromatic N) is 5. The molecule has 140 valence electrons. The lowest BCUT2D eigenvalue weighted by molar-refractivity contribution is -0.141. The Bertz CT molecular complexity index is 839. The molecule has 2 fully saturated rings. The van der Waals surface area contributed by atoms with Crippen molar-refractivity contribution < 1.29 is 9.59 Å². The van der Waals surface area contributed by atoms with Gasteiger partial charge < -0.3 is 4.90 Å². The standard InChI is InChI=1S/C19H20ClN5O2/c20-15-4-1-3-14(11-15)16-12-17(26)25(18(16)27)13-23-7-9-24(10-8-23)19-21-5-2-6-22-19/h1-6,11,16H,7-10,12-13H2. The monoisotopic (exact) mass is 385 g/mol. The summed E-state index contributed by atoms with van der Waals surface area (Å²) in [5.74, 6) is 0.0107. The maximum atomic E-state index is 12.8. The Labute approximate surface area is 162 Å². The molecule has 8 heteroatoms. The molecule has 1 atom stereocenters. The van der Waals surface area contributed by atoms with E-state index in [2.05, 4.69) is 19.8 Å². The van der Waals surface area contributed by atoms with Crippen LogP contribution in [0.3, 0.4) is 0 Å². The highest BCUT2D eigenvalue weighted by Gasteiger charge is 2.40. The van der Waals surface area contributed by atoms with Gasteiger partial charge >= 0.3 is 0 Å². The topological polar surface area (TPSA) is 69.6 Å². The number of piperazine rings is 1. The van der Waals surface area contributed by atoms with Crippen LogP contribution in [0, 0.1) is 0 Å². The Morgan fingerprint density at radius 2 is 1.78 bits per heavy atom. The zero-order valence-corrected chi connectivity index (χ0v) is 15.5. The normalized spacial score (nSPS) is 21.1. The van der Waals surface area contributed by atoms with E-state index in [1.165, 1.54) is 4.90 Å². The number of hydrogen-bond donors (Lipinski definition) is 0. The molecule has 1 aromatic heterocycles. The van der Waals surface area contributed by atoms with Crippen molar-refractivity contribution in [3.63, 3.8) is 0 Å². The zero-order chi connectivity index (χ0) is 18.8. The highest BCUT2D eigenvalue weighted by atomic mass is 35.5. The highest BCUT2D eigenvalue weighted by molar-refractivity contribution is 6.30. The van der Waals surface area contributed by atoms with Crippen molar-refractivity contribution >= 4 is 29.4 Å². The molecular weight excluding hydrogens is 366 g/mol. The van der Waals surface area contributed by atoms with E-state index < -0.39 is 5.92 Å². The molecule has 1 unspecified atom stereocenters. The average Bonchev–Trinajstić information content (AvgIpc) is 2.97. The molecule has 0 bridgehead atoms. The van der Waals surface area contributed by atoms with Gasteiger partial charge in [0.05, 0.1) is 12.6 Å². The summed E-state index contributed by atoms with van der Waals surface area (Å²) >= 11 is 6.03. The first-order valence-corrected chi connectivity index (χ1v) is 9.33. The van der Waals surface area contributed by atoms with Gasteiger partial charge in [0, 0.05) is 50.0 Å². The molecular formula is C19H20ClN5O2. The maximum absolute atomic E-state index is 12.8. The molecule has 0 aliphatic carbocycles. The number of halogens is 1. The number of carbonyl (C=O) groups is 2. The summed E-state index contributed by atoms with van der Waals surface area (Å²) < 4.78 is 0. The van der Waals surface area contributed by atoms with Crippen LogP contribution in [0.2, 0.25) is 5.02 Å². The molecule has 0 saturated carbocycles. The summed E-state index contributed by atoms with van der Waals surface area (Å²) in [4.78, 5) is 39.4. The van der Waals surface area contributed by atoms with Crippen LogP contribution in [0.5, 0.6) is 0 Å². The summed E-state index contributed by atoms with van der Waals surface area (Å²) in [6.07, 6.45) is 3.66. The molecule has 4 rings (SSSR count). The van der Waals surface area contributed by atoms with Crippen LogP contribution in [0.25, 0.3) is 0 Å². The Balaban J connectivity index is 1.37. The number of imide groups is 1. The van der Waals surface area contributed by atoms with Crippen molar-refractivity contribution in [3.05, 3.63) is 53.3 Å². The summed E-state index contributed by atoms with van der Waals surface area (Å²) in [5, 5.41) is 0.574. The van der Waals surface area contributed by atoms with E-state index in [-0.39, 0.29) is 18.2 Å². The van der Waals surface area contributed by atoms with Crippen LogP contribution in [-0.2, 0) is 9.59 Å². The smallest absolute Gasteiger partial charge is 0.238 e. The van der Waals surface area contributed by atoms with Gasteiger partial charge in [-0.05, 0) is 23.8 Å². The summed E-state index contributed by atoms with van der Waals surface area (Å²) in [6, 6.07) is 8.98. The van der Waals surface area contributed by atoms with Crippen LogP contribution in [0.4, 0.5) is 5.95 Å². The number of aromatic nitrogens is 2. The first-order valence-electron chi connectivity index (χ1n) is 8.96. The number of carbonyl (C=O) groups excluding carboxylic acids is 2. The second-order valence-corrected chi connectivity index (χ2v) is 7.20. The van der Waals surface area contributed by atoms with Crippen LogP contribution in [0.15, 0.2) is 42.7 Å². The third-order valence-electron chi connectivity index (χ3n) is 5.04. The van der Waals surface area contributed by atoms with Crippen molar-refractivity contribution in [3.8, 4) is 0 Å². The Morgan fingerprint density at radius 1 is 1.04 bits per heavy atom. The van der Waals surface area contributed by atoms with Crippen molar-refractivity contribution in [1.29, 1.82) is 0 Å². The van der Waals surface area contributed by atoms with E-state index in [1.807, 2.05) is 12.1 Å². The Morgan fingerprint density at radius 3 is 2.48 bits per heavy atom. The molecule has 7 nitrogen and oxygen atoms in total. The molecule has 0 radical (unpaired) electrons. The molecule has 27 heavy (non-hydrogen) atoms. The quantitative estimate of drug-likeness (QED) is 0.747. The van der Waals surface area contributed by atoms with Crippen LogP contribution < -0.4 is 4.90 Å². The third-order valence-corrected chi connectivity index (χ3v) is 5.28. The molecule has 0 spiro atoms. The lowest BCUT2D eigenvalue weighted by Gasteiger charge is -2.36. The van der Waals surface area contributed by atoms with E-state index in [1.54, 1.807) is 30.6 Å². The lowest BCUT2D eigenvalue weighted by Crippen LogP contribution is -2.51. The molecule has 2 aliphatic heterocycles. The summed E-state index contributed by atoms with van der Waals surface area (Å²) in [7, 11) is 0. The molecule has 2 aliphatic rings. The van der Waals surface area contributed by atoms with Gasteiger partial charge in [-0.1, -0.05) is 23.7 Å². The van der Waals surface area contributed by atoms with Crippen molar-refractivity contribution in [2.75, 3.05) is 37.7 Å². The number of likely N-dealkylation sites (tertiary alicyclic amines) is 1. The van der Waals surface area contributed by atoms with Crippen molar-refractivity contribution in [2.45, 2.75) is 12.3 Å². The van der Waals surface area contributed by atoms with Gasteiger partial charge in [-0.2, -0.15) is 0 Å². The SMILES string of the molecule is O=C1CC(c2cccc(Cl)c2)C(=O)N1CN1CCN(c2ncccn2)CC1. The van der Waals surface area contributed by atoms with Crippen LogP contribution in [-0.4, -0.2) is 64.4 Å². The van der Waals surface area contributed by atoms with Gasteiger partial charge in [0.1, 0.15) is 0 Å². The fourth-order valence-electron chi connectivity index (χ4n) is 3.56. The average molecular weight is 386 g/mol. The minimum absolute atomic E-state index is 0.126. The first-order chi connectivity index (χ1) is 13.1. The van der Waals surface area contributed by atoms with E-state index in [9.17, 15) is 9.59 Å². The number of benzene rings is 1. The second-order valence-electron chi connectivity index (χ2n) is 6.77. The fourth-order valence-corrected chi connectivity index (χ4v) is 3.76. The van der Waals surface area contributed by atoms with E-state index in [0.717, 1.165) is 31.7 Å².